The average molecular weight is 329 g/mol. The summed E-state index contributed by atoms with van der Waals surface area (Å²) in [4.78, 5) is 12.5. The van der Waals surface area contributed by atoms with Gasteiger partial charge in [-0.25, -0.2) is 0 Å². The molecule has 1 unspecified atom stereocenters. The van der Waals surface area contributed by atoms with Crippen molar-refractivity contribution in [2.24, 2.45) is 0 Å². The average Bonchev–Trinajstić information content (AvgIpc) is 2.57. The smallest absolute Gasteiger partial charge is 0.260 e. The molecule has 0 saturated heterocycles. The molecule has 3 heteroatoms. The van der Waals surface area contributed by atoms with Gasteiger partial charge in [0.1, 0.15) is 5.75 Å². The Morgan fingerprint density at radius 1 is 1.00 bits per heavy atom. The molecule has 0 spiro atoms. The Hall–Kier alpha value is -1.51. The maximum atomic E-state index is 12.5. The molecule has 1 N–H and O–H groups in total. The van der Waals surface area contributed by atoms with E-state index in [1.54, 1.807) is 0 Å². The highest BCUT2D eigenvalue weighted by atomic mass is 16.5. The Bertz CT molecular complexity index is 547. The first-order valence-corrected chi connectivity index (χ1v) is 9.81. The first kappa shape index (κ1) is 17.3. The van der Waals surface area contributed by atoms with Crippen LogP contribution in [-0.4, -0.2) is 18.1 Å². The van der Waals surface area contributed by atoms with Gasteiger partial charge in [0.25, 0.3) is 5.91 Å². The van der Waals surface area contributed by atoms with E-state index in [9.17, 15) is 4.79 Å². The van der Waals surface area contributed by atoms with Crippen molar-refractivity contribution in [3.63, 3.8) is 0 Å². The lowest BCUT2D eigenvalue weighted by Gasteiger charge is -2.24. The van der Waals surface area contributed by atoms with Crippen molar-refractivity contribution in [3.05, 3.63) is 29.3 Å². The van der Waals surface area contributed by atoms with E-state index in [0.29, 0.717) is 6.04 Å². The van der Waals surface area contributed by atoms with Gasteiger partial charge in [-0.3, -0.25) is 4.79 Å². The molecule has 2 aliphatic carbocycles. The van der Waals surface area contributed by atoms with E-state index in [2.05, 4.69) is 17.4 Å². The second-order valence-electron chi connectivity index (χ2n) is 7.45. The Labute approximate surface area is 146 Å². The molecule has 0 radical (unpaired) electrons. The molecule has 3 rings (SSSR count). The van der Waals surface area contributed by atoms with E-state index in [0.717, 1.165) is 25.0 Å². The molecule has 1 fully saturated rings. The zero-order valence-corrected chi connectivity index (χ0v) is 15.0. The summed E-state index contributed by atoms with van der Waals surface area (Å²) >= 11 is 0. The lowest BCUT2D eigenvalue weighted by molar-refractivity contribution is -0.128. The number of rotatable bonds is 4. The quantitative estimate of drug-likeness (QED) is 0.879. The highest BCUT2D eigenvalue weighted by Gasteiger charge is 2.20. The zero-order chi connectivity index (χ0) is 16.8. The Balaban J connectivity index is 1.53. The highest BCUT2D eigenvalue weighted by molar-refractivity contribution is 5.81. The number of hydrogen-bond acceptors (Lipinski definition) is 2. The minimum Gasteiger partial charge on any atom is -0.481 e. The summed E-state index contributed by atoms with van der Waals surface area (Å²) in [5.41, 5.74) is 2.84. The van der Waals surface area contributed by atoms with Gasteiger partial charge in [-0.1, -0.05) is 38.2 Å². The first-order chi connectivity index (χ1) is 11.7. The van der Waals surface area contributed by atoms with E-state index in [4.69, 9.17) is 4.74 Å². The van der Waals surface area contributed by atoms with Crippen LogP contribution in [0.1, 0.15) is 75.8 Å². The third-order valence-corrected chi connectivity index (χ3v) is 5.45. The number of hydrogen-bond donors (Lipinski definition) is 1. The standard InChI is InChI=1S/C21H31NO2/c1-16(21(23)22-19-11-5-3-2-4-6-12-19)24-20-14-13-17-9-7-8-10-18(17)15-20/h13-16,19H,2-12H2,1H3,(H,22,23). The van der Waals surface area contributed by atoms with Gasteiger partial charge in [-0.2, -0.15) is 0 Å². The first-order valence-electron chi connectivity index (χ1n) is 9.81. The number of fused-ring (bicyclic) bond motifs is 1. The molecule has 0 heterocycles. The molecule has 1 saturated carbocycles. The van der Waals surface area contributed by atoms with Gasteiger partial charge >= 0.3 is 0 Å². The van der Waals surface area contributed by atoms with Crippen LogP contribution in [0.3, 0.4) is 0 Å². The molecule has 3 nitrogen and oxygen atoms in total. The summed E-state index contributed by atoms with van der Waals surface area (Å²) in [5, 5.41) is 3.21. The van der Waals surface area contributed by atoms with E-state index < -0.39 is 6.10 Å². The van der Waals surface area contributed by atoms with Gasteiger partial charge < -0.3 is 10.1 Å². The number of carbonyl (C=O) groups excluding carboxylic acids is 1. The lowest BCUT2D eigenvalue weighted by Crippen LogP contribution is -2.42. The molecular weight excluding hydrogens is 298 g/mol. The van der Waals surface area contributed by atoms with Crippen molar-refractivity contribution < 1.29 is 9.53 Å². The highest BCUT2D eigenvalue weighted by Crippen LogP contribution is 2.26. The fourth-order valence-corrected chi connectivity index (χ4v) is 3.96. The van der Waals surface area contributed by atoms with Crippen LogP contribution in [0.25, 0.3) is 0 Å². The second-order valence-corrected chi connectivity index (χ2v) is 7.45. The Morgan fingerprint density at radius 2 is 1.67 bits per heavy atom. The largest absolute Gasteiger partial charge is 0.481 e. The molecule has 2 aliphatic rings. The van der Waals surface area contributed by atoms with Gasteiger partial charge in [-0.15, -0.1) is 0 Å². The van der Waals surface area contributed by atoms with Crippen molar-refractivity contribution >= 4 is 5.91 Å². The molecule has 1 aromatic carbocycles. The maximum absolute atomic E-state index is 12.5. The maximum Gasteiger partial charge on any atom is 0.260 e. The molecule has 132 valence electrons. The van der Waals surface area contributed by atoms with E-state index in [1.165, 1.54) is 62.5 Å². The monoisotopic (exact) mass is 329 g/mol. The summed E-state index contributed by atoms with van der Waals surface area (Å²) in [5.74, 6) is 0.856. The molecular formula is C21H31NO2. The van der Waals surface area contributed by atoms with E-state index in [-0.39, 0.29) is 5.91 Å². The molecule has 0 aliphatic heterocycles. The Kier molecular flexibility index (Phi) is 6.17. The fraction of sp³-hybridized carbons (Fsp3) is 0.667. The summed E-state index contributed by atoms with van der Waals surface area (Å²) in [7, 11) is 0. The van der Waals surface area contributed by atoms with Crippen LogP contribution in [-0.2, 0) is 17.6 Å². The van der Waals surface area contributed by atoms with Gasteiger partial charge in [0.05, 0.1) is 0 Å². The summed E-state index contributed by atoms with van der Waals surface area (Å²) < 4.78 is 5.93. The molecule has 1 atom stereocenters. The summed E-state index contributed by atoms with van der Waals surface area (Å²) in [6.45, 7) is 1.86. The summed E-state index contributed by atoms with van der Waals surface area (Å²) in [6, 6.07) is 6.65. The van der Waals surface area contributed by atoms with Crippen molar-refractivity contribution in [1.29, 1.82) is 0 Å². The zero-order valence-electron chi connectivity index (χ0n) is 15.0. The molecule has 1 amide bonds. The van der Waals surface area contributed by atoms with Crippen LogP contribution in [0.5, 0.6) is 5.75 Å². The number of nitrogens with one attached hydrogen (secondary N) is 1. The second kappa shape index (κ2) is 8.55. The number of carbonyl (C=O) groups is 1. The topological polar surface area (TPSA) is 38.3 Å². The van der Waals surface area contributed by atoms with Gasteiger partial charge in [0.15, 0.2) is 6.10 Å². The molecule has 24 heavy (non-hydrogen) atoms. The number of amides is 1. The minimum absolute atomic E-state index is 0.0262. The van der Waals surface area contributed by atoms with Gasteiger partial charge in [-0.05, 0) is 68.7 Å². The molecule has 1 aromatic rings. The molecule has 0 aromatic heterocycles. The van der Waals surface area contributed by atoms with Crippen LogP contribution in [0.2, 0.25) is 0 Å². The number of benzene rings is 1. The third-order valence-electron chi connectivity index (χ3n) is 5.45. The normalized spacial score (nSPS) is 20.4. The predicted molar refractivity (Wildman–Crippen MR) is 97.4 cm³/mol. The number of aryl methyl sites for hydroxylation is 2. The van der Waals surface area contributed by atoms with Gasteiger partial charge in [0.2, 0.25) is 0 Å². The fourth-order valence-electron chi connectivity index (χ4n) is 3.96. The van der Waals surface area contributed by atoms with Crippen molar-refractivity contribution in [3.8, 4) is 5.75 Å². The number of ether oxygens (including phenoxy) is 1. The predicted octanol–water partition coefficient (Wildman–Crippen LogP) is 4.56. The minimum atomic E-state index is -0.433. The van der Waals surface area contributed by atoms with Crippen molar-refractivity contribution in [1.82, 2.24) is 5.32 Å². The van der Waals surface area contributed by atoms with Crippen molar-refractivity contribution in [2.45, 2.75) is 89.7 Å². The van der Waals surface area contributed by atoms with E-state index in [1.807, 2.05) is 13.0 Å². The van der Waals surface area contributed by atoms with Crippen LogP contribution in [0, 0.1) is 0 Å². The Morgan fingerprint density at radius 3 is 2.42 bits per heavy atom. The van der Waals surface area contributed by atoms with Crippen LogP contribution >= 0.6 is 0 Å². The third kappa shape index (κ3) is 4.75. The molecule has 0 bridgehead atoms. The van der Waals surface area contributed by atoms with Crippen LogP contribution in [0.4, 0.5) is 0 Å². The SMILES string of the molecule is CC(Oc1ccc2c(c1)CCCC2)C(=O)NC1CCCCCCC1. The summed E-state index contributed by atoms with van der Waals surface area (Å²) in [6.07, 6.45) is 13.0. The van der Waals surface area contributed by atoms with E-state index >= 15 is 0 Å². The van der Waals surface area contributed by atoms with Crippen molar-refractivity contribution in [2.75, 3.05) is 0 Å². The van der Waals surface area contributed by atoms with Crippen LogP contribution in [0.15, 0.2) is 18.2 Å². The lowest BCUT2D eigenvalue weighted by atomic mass is 9.92. The van der Waals surface area contributed by atoms with Crippen LogP contribution < -0.4 is 10.1 Å². The van der Waals surface area contributed by atoms with Gasteiger partial charge in [0, 0.05) is 6.04 Å².